The predicted octanol–water partition coefficient (Wildman–Crippen LogP) is 3.52. The van der Waals surface area contributed by atoms with E-state index in [1.807, 2.05) is 0 Å². The third kappa shape index (κ3) is 4.11. The number of hydrogen-bond acceptors (Lipinski definition) is 3. The molecule has 2 rings (SSSR count). The third-order valence-corrected chi connectivity index (χ3v) is 3.30. The minimum atomic E-state index is -4.43. The van der Waals surface area contributed by atoms with Gasteiger partial charge in [-0.05, 0) is 45.8 Å². The second kappa shape index (κ2) is 6.53. The largest absolute Gasteiger partial charge is 0.444 e. The molecule has 4 nitrogen and oxygen atoms in total. The zero-order valence-electron chi connectivity index (χ0n) is 11.0. The van der Waals surface area contributed by atoms with E-state index in [1.54, 1.807) is 6.07 Å². The minimum Gasteiger partial charge on any atom is -0.444 e. The molecule has 0 aliphatic carbocycles. The highest BCUT2D eigenvalue weighted by Crippen LogP contribution is 2.29. The van der Waals surface area contributed by atoms with Crippen molar-refractivity contribution in [2.24, 2.45) is 0 Å². The van der Waals surface area contributed by atoms with Crippen molar-refractivity contribution in [1.82, 2.24) is 5.32 Å². The topological polar surface area (TPSA) is 62.5 Å². The summed E-state index contributed by atoms with van der Waals surface area (Å²) in [6.07, 6.45) is -5.55. The molecule has 118 valence electrons. The maximum Gasteiger partial charge on any atom is 0.416 e. The number of hydrogen-bond donors (Lipinski definition) is 2. The standard InChI is InChI=1S/C14H11BrF3NO3/c15-12-6-5-11(22-12)13(21)19-7-10(20)8-1-3-9(4-2-8)14(16,17)18/h1-6,10,20H,7H2,(H,19,21)/t10-/m0/s1. The van der Waals surface area contributed by atoms with Gasteiger partial charge in [0.25, 0.3) is 5.91 Å². The lowest BCUT2D eigenvalue weighted by Gasteiger charge is -2.13. The fourth-order valence-corrected chi connectivity index (χ4v) is 2.03. The number of carbonyl (C=O) groups excluding carboxylic acids is 1. The van der Waals surface area contributed by atoms with E-state index in [9.17, 15) is 23.1 Å². The predicted molar refractivity (Wildman–Crippen MR) is 75.1 cm³/mol. The van der Waals surface area contributed by atoms with E-state index >= 15 is 0 Å². The van der Waals surface area contributed by atoms with Crippen LogP contribution in [0.25, 0.3) is 0 Å². The molecular weight excluding hydrogens is 367 g/mol. The number of rotatable bonds is 4. The smallest absolute Gasteiger partial charge is 0.416 e. The summed E-state index contributed by atoms with van der Waals surface area (Å²) < 4.78 is 42.7. The second-order valence-electron chi connectivity index (χ2n) is 4.45. The van der Waals surface area contributed by atoms with Crippen LogP contribution in [0, 0.1) is 0 Å². The van der Waals surface area contributed by atoms with E-state index < -0.39 is 23.8 Å². The Labute approximate surface area is 132 Å². The summed E-state index contributed by atoms with van der Waals surface area (Å²) in [6.45, 7) is -0.150. The van der Waals surface area contributed by atoms with Crippen molar-refractivity contribution in [3.63, 3.8) is 0 Å². The molecule has 0 radical (unpaired) electrons. The molecule has 0 saturated heterocycles. The van der Waals surface area contributed by atoms with Gasteiger partial charge in [0, 0.05) is 6.54 Å². The molecular formula is C14H11BrF3NO3. The summed E-state index contributed by atoms with van der Waals surface area (Å²) in [4.78, 5) is 11.7. The Hall–Kier alpha value is -1.80. The Morgan fingerprint density at radius 3 is 2.36 bits per heavy atom. The lowest BCUT2D eigenvalue weighted by atomic mass is 10.1. The number of benzene rings is 1. The van der Waals surface area contributed by atoms with Gasteiger partial charge in [0.15, 0.2) is 10.4 Å². The van der Waals surface area contributed by atoms with Crippen LogP contribution in [0.2, 0.25) is 0 Å². The fraction of sp³-hybridized carbons (Fsp3) is 0.214. The zero-order chi connectivity index (χ0) is 16.3. The van der Waals surface area contributed by atoms with Crippen LogP contribution in [0.4, 0.5) is 13.2 Å². The molecule has 0 bridgehead atoms. The Balaban J connectivity index is 1.95. The van der Waals surface area contributed by atoms with Crippen LogP contribution in [0.1, 0.15) is 27.8 Å². The van der Waals surface area contributed by atoms with E-state index in [1.165, 1.54) is 18.2 Å². The molecule has 2 N–H and O–H groups in total. The summed E-state index contributed by atoms with van der Waals surface area (Å²) >= 11 is 3.05. The highest BCUT2D eigenvalue weighted by atomic mass is 79.9. The SMILES string of the molecule is O=C(NC[C@H](O)c1ccc(C(F)(F)F)cc1)c1ccc(Br)o1. The highest BCUT2D eigenvalue weighted by molar-refractivity contribution is 9.10. The van der Waals surface area contributed by atoms with Crippen LogP contribution in [0.3, 0.4) is 0 Å². The van der Waals surface area contributed by atoms with E-state index in [0.717, 1.165) is 12.1 Å². The van der Waals surface area contributed by atoms with E-state index in [0.29, 0.717) is 4.67 Å². The first kappa shape index (κ1) is 16.6. The maximum absolute atomic E-state index is 12.4. The normalized spacial score (nSPS) is 13.0. The van der Waals surface area contributed by atoms with Gasteiger partial charge in [-0.3, -0.25) is 4.79 Å². The molecule has 0 unspecified atom stereocenters. The average Bonchev–Trinajstić information content (AvgIpc) is 2.90. The van der Waals surface area contributed by atoms with Crippen molar-refractivity contribution in [2.45, 2.75) is 12.3 Å². The lowest BCUT2D eigenvalue weighted by molar-refractivity contribution is -0.137. The molecule has 1 amide bonds. The zero-order valence-corrected chi connectivity index (χ0v) is 12.6. The molecule has 0 spiro atoms. The summed E-state index contributed by atoms with van der Waals surface area (Å²) in [7, 11) is 0. The third-order valence-electron chi connectivity index (χ3n) is 2.88. The Morgan fingerprint density at radius 2 is 1.86 bits per heavy atom. The highest BCUT2D eigenvalue weighted by Gasteiger charge is 2.30. The lowest BCUT2D eigenvalue weighted by Crippen LogP contribution is -2.28. The molecule has 1 aromatic carbocycles. The Bertz CT molecular complexity index is 652. The molecule has 0 fully saturated rings. The first-order chi connectivity index (χ1) is 10.3. The van der Waals surface area contributed by atoms with Crippen molar-refractivity contribution in [2.75, 3.05) is 6.54 Å². The van der Waals surface area contributed by atoms with Gasteiger partial charge < -0.3 is 14.8 Å². The van der Waals surface area contributed by atoms with Crippen LogP contribution in [-0.2, 0) is 6.18 Å². The van der Waals surface area contributed by atoms with Crippen molar-refractivity contribution in [3.05, 3.63) is 58.0 Å². The van der Waals surface area contributed by atoms with Gasteiger partial charge in [-0.2, -0.15) is 13.2 Å². The molecule has 22 heavy (non-hydrogen) atoms. The van der Waals surface area contributed by atoms with Crippen LogP contribution in [0.15, 0.2) is 45.5 Å². The average molecular weight is 378 g/mol. The number of alkyl halides is 3. The molecule has 2 aromatic rings. The van der Waals surface area contributed by atoms with Gasteiger partial charge in [-0.15, -0.1) is 0 Å². The number of aliphatic hydroxyl groups excluding tert-OH is 1. The number of carbonyl (C=O) groups is 1. The molecule has 1 aromatic heterocycles. The van der Waals surface area contributed by atoms with Crippen molar-refractivity contribution in [1.29, 1.82) is 0 Å². The Kier molecular flexibility index (Phi) is 4.92. The molecule has 1 heterocycles. The number of amides is 1. The van der Waals surface area contributed by atoms with E-state index in [-0.39, 0.29) is 17.9 Å². The number of halogens is 4. The molecule has 0 aliphatic rings. The Morgan fingerprint density at radius 1 is 1.23 bits per heavy atom. The quantitative estimate of drug-likeness (QED) is 0.856. The first-order valence-corrected chi connectivity index (χ1v) is 6.95. The summed E-state index contributed by atoms with van der Waals surface area (Å²) in [5.74, 6) is -0.469. The molecule has 0 saturated carbocycles. The minimum absolute atomic E-state index is 0.0616. The van der Waals surface area contributed by atoms with Gasteiger partial charge in [0.1, 0.15) is 0 Å². The van der Waals surface area contributed by atoms with Gasteiger partial charge in [-0.1, -0.05) is 12.1 Å². The van der Waals surface area contributed by atoms with Gasteiger partial charge in [0.2, 0.25) is 0 Å². The second-order valence-corrected chi connectivity index (χ2v) is 5.23. The molecule has 8 heteroatoms. The van der Waals surface area contributed by atoms with Crippen molar-refractivity contribution >= 4 is 21.8 Å². The van der Waals surface area contributed by atoms with Crippen molar-refractivity contribution in [3.8, 4) is 0 Å². The monoisotopic (exact) mass is 377 g/mol. The van der Waals surface area contributed by atoms with Crippen molar-refractivity contribution < 1.29 is 27.5 Å². The van der Waals surface area contributed by atoms with Crippen LogP contribution in [0.5, 0.6) is 0 Å². The summed E-state index contributed by atoms with van der Waals surface area (Å²) in [5, 5.41) is 12.3. The van der Waals surface area contributed by atoms with Crippen LogP contribution >= 0.6 is 15.9 Å². The van der Waals surface area contributed by atoms with E-state index in [4.69, 9.17) is 4.42 Å². The van der Waals surface area contributed by atoms with E-state index in [2.05, 4.69) is 21.2 Å². The molecule has 1 atom stereocenters. The van der Waals surface area contributed by atoms with Crippen LogP contribution in [-0.4, -0.2) is 17.6 Å². The number of nitrogens with one attached hydrogen (secondary N) is 1. The number of furan rings is 1. The summed E-state index contributed by atoms with van der Waals surface area (Å²) in [5.41, 5.74) is -0.526. The molecule has 0 aliphatic heterocycles. The van der Waals surface area contributed by atoms with Gasteiger partial charge >= 0.3 is 6.18 Å². The first-order valence-electron chi connectivity index (χ1n) is 6.16. The fourth-order valence-electron chi connectivity index (χ4n) is 1.72. The summed E-state index contributed by atoms with van der Waals surface area (Å²) in [6, 6.07) is 7.09. The maximum atomic E-state index is 12.4. The number of aliphatic hydroxyl groups is 1. The van der Waals surface area contributed by atoms with Gasteiger partial charge in [0.05, 0.1) is 11.7 Å². The van der Waals surface area contributed by atoms with Crippen LogP contribution < -0.4 is 5.32 Å². The van der Waals surface area contributed by atoms with Gasteiger partial charge in [-0.25, -0.2) is 0 Å².